The zero-order valence-corrected chi connectivity index (χ0v) is 11.3. The standard InChI is InChI=1S/C14H19NOS/c1-3-15(2)14(16)10-17-13-8-7-11-5-4-6-12(11)9-13/h7-9H,3-6,10H2,1-2H3. The summed E-state index contributed by atoms with van der Waals surface area (Å²) in [6.45, 7) is 2.78. The van der Waals surface area contributed by atoms with Gasteiger partial charge in [-0.05, 0) is 49.4 Å². The van der Waals surface area contributed by atoms with Crippen molar-refractivity contribution in [3.63, 3.8) is 0 Å². The fourth-order valence-electron chi connectivity index (χ4n) is 2.07. The van der Waals surface area contributed by atoms with Crippen molar-refractivity contribution in [2.75, 3.05) is 19.3 Å². The van der Waals surface area contributed by atoms with Crippen LogP contribution in [0, 0.1) is 0 Å². The predicted molar refractivity (Wildman–Crippen MR) is 72.5 cm³/mol. The number of carbonyl (C=O) groups excluding carboxylic acids is 1. The number of carbonyl (C=O) groups is 1. The topological polar surface area (TPSA) is 20.3 Å². The molecule has 0 saturated heterocycles. The molecular weight excluding hydrogens is 230 g/mol. The molecule has 2 nitrogen and oxygen atoms in total. The normalized spacial score (nSPS) is 13.5. The second kappa shape index (κ2) is 5.58. The van der Waals surface area contributed by atoms with Gasteiger partial charge in [-0.25, -0.2) is 0 Å². The van der Waals surface area contributed by atoms with Crippen molar-refractivity contribution in [2.24, 2.45) is 0 Å². The van der Waals surface area contributed by atoms with Crippen LogP contribution in [-0.2, 0) is 17.6 Å². The summed E-state index contributed by atoms with van der Waals surface area (Å²) in [7, 11) is 1.85. The summed E-state index contributed by atoms with van der Waals surface area (Å²) in [6, 6.07) is 6.62. The average Bonchev–Trinajstić information content (AvgIpc) is 2.82. The molecule has 0 radical (unpaired) electrons. The minimum atomic E-state index is 0.206. The lowest BCUT2D eigenvalue weighted by Gasteiger charge is -2.14. The van der Waals surface area contributed by atoms with Gasteiger partial charge in [-0.15, -0.1) is 11.8 Å². The van der Waals surface area contributed by atoms with Crippen molar-refractivity contribution in [3.8, 4) is 0 Å². The number of thioether (sulfide) groups is 1. The number of hydrogen-bond donors (Lipinski definition) is 0. The van der Waals surface area contributed by atoms with Gasteiger partial charge in [0.05, 0.1) is 5.75 Å². The predicted octanol–water partition coefficient (Wildman–Crippen LogP) is 2.75. The molecule has 92 valence electrons. The Morgan fingerprint density at radius 3 is 2.88 bits per heavy atom. The molecule has 1 aliphatic carbocycles. The first kappa shape index (κ1) is 12.5. The average molecular weight is 249 g/mol. The van der Waals surface area contributed by atoms with Gasteiger partial charge in [0, 0.05) is 18.5 Å². The molecule has 1 amide bonds. The molecule has 1 aliphatic rings. The summed E-state index contributed by atoms with van der Waals surface area (Å²) in [5, 5.41) is 0. The Morgan fingerprint density at radius 1 is 1.35 bits per heavy atom. The molecule has 0 heterocycles. The fourth-order valence-corrected chi connectivity index (χ4v) is 2.97. The largest absolute Gasteiger partial charge is 0.345 e. The monoisotopic (exact) mass is 249 g/mol. The van der Waals surface area contributed by atoms with Gasteiger partial charge in [0.2, 0.25) is 5.91 Å². The number of fused-ring (bicyclic) bond motifs is 1. The Kier molecular flexibility index (Phi) is 4.11. The zero-order chi connectivity index (χ0) is 12.3. The first-order valence-electron chi connectivity index (χ1n) is 6.19. The van der Waals surface area contributed by atoms with E-state index >= 15 is 0 Å². The number of rotatable bonds is 4. The quantitative estimate of drug-likeness (QED) is 0.765. The summed E-state index contributed by atoms with van der Waals surface area (Å²) in [5.74, 6) is 0.751. The van der Waals surface area contributed by atoms with Gasteiger partial charge >= 0.3 is 0 Å². The molecule has 17 heavy (non-hydrogen) atoms. The summed E-state index contributed by atoms with van der Waals surface area (Å²) in [5.41, 5.74) is 2.97. The van der Waals surface area contributed by atoms with Crippen LogP contribution in [0.4, 0.5) is 0 Å². The molecule has 0 saturated carbocycles. The van der Waals surface area contributed by atoms with Gasteiger partial charge < -0.3 is 4.90 Å². The van der Waals surface area contributed by atoms with Crippen molar-refractivity contribution in [1.82, 2.24) is 4.90 Å². The molecule has 2 rings (SSSR count). The van der Waals surface area contributed by atoms with E-state index in [-0.39, 0.29) is 5.91 Å². The van der Waals surface area contributed by atoms with Crippen LogP contribution in [0.3, 0.4) is 0 Å². The van der Waals surface area contributed by atoms with Gasteiger partial charge in [-0.1, -0.05) is 6.07 Å². The first-order chi connectivity index (χ1) is 8.20. The van der Waals surface area contributed by atoms with Crippen LogP contribution in [-0.4, -0.2) is 30.2 Å². The van der Waals surface area contributed by atoms with Crippen molar-refractivity contribution < 1.29 is 4.79 Å². The minimum Gasteiger partial charge on any atom is -0.345 e. The highest BCUT2D eigenvalue weighted by Gasteiger charge is 2.12. The molecule has 0 spiro atoms. The maximum atomic E-state index is 11.7. The van der Waals surface area contributed by atoms with Crippen molar-refractivity contribution in [2.45, 2.75) is 31.1 Å². The Balaban J connectivity index is 1.93. The van der Waals surface area contributed by atoms with E-state index in [1.54, 1.807) is 16.7 Å². The Hall–Kier alpha value is -0.960. The molecule has 0 bridgehead atoms. The SMILES string of the molecule is CCN(C)C(=O)CSc1ccc2c(c1)CCC2. The zero-order valence-electron chi connectivity index (χ0n) is 10.5. The van der Waals surface area contributed by atoms with Gasteiger partial charge in [0.1, 0.15) is 0 Å². The summed E-state index contributed by atoms with van der Waals surface area (Å²) < 4.78 is 0. The number of nitrogens with zero attached hydrogens (tertiary/aromatic N) is 1. The minimum absolute atomic E-state index is 0.206. The molecule has 1 aromatic carbocycles. The van der Waals surface area contributed by atoms with Gasteiger partial charge in [-0.3, -0.25) is 4.79 Å². The van der Waals surface area contributed by atoms with E-state index in [2.05, 4.69) is 18.2 Å². The maximum Gasteiger partial charge on any atom is 0.232 e. The maximum absolute atomic E-state index is 11.7. The Morgan fingerprint density at radius 2 is 2.12 bits per heavy atom. The highest BCUT2D eigenvalue weighted by molar-refractivity contribution is 8.00. The molecule has 3 heteroatoms. The smallest absolute Gasteiger partial charge is 0.232 e. The Labute approximate surface area is 107 Å². The van der Waals surface area contributed by atoms with Crippen LogP contribution in [0.2, 0.25) is 0 Å². The van der Waals surface area contributed by atoms with Gasteiger partial charge in [0.25, 0.3) is 0 Å². The van der Waals surface area contributed by atoms with Crippen molar-refractivity contribution in [3.05, 3.63) is 29.3 Å². The molecule has 0 fully saturated rings. The third-order valence-electron chi connectivity index (χ3n) is 3.33. The second-order valence-corrected chi connectivity index (χ2v) is 5.53. The lowest BCUT2D eigenvalue weighted by atomic mass is 10.1. The van der Waals surface area contributed by atoms with Gasteiger partial charge in [-0.2, -0.15) is 0 Å². The molecule has 0 N–H and O–H groups in total. The van der Waals surface area contributed by atoms with Crippen LogP contribution in [0.5, 0.6) is 0 Å². The summed E-state index contributed by atoms with van der Waals surface area (Å²) in [6.07, 6.45) is 3.70. The lowest BCUT2D eigenvalue weighted by Crippen LogP contribution is -2.27. The molecular formula is C14H19NOS. The fraction of sp³-hybridized carbons (Fsp3) is 0.500. The van der Waals surface area contributed by atoms with Crippen LogP contribution < -0.4 is 0 Å². The summed E-state index contributed by atoms with van der Waals surface area (Å²) in [4.78, 5) is 14.7. The third-order valence-corrected chi connectivity index (χ3v) is 4.31. The van der Waals surface area contributed by atoms with Crippen LogP contribution in [0.25, 0.3) is 0 Å². The highest BCUT2D eigenvalue weighted by Crippen LogP contribution is 2.27. The molecule has 0 atom stereocenters. The second-order valence-electron chi connectivity index (χ2n) is 4.48. The third kappa shape index (κ3) is 3.03. The van der Waals surface area contributed by atoms with E-state index in [4.69, 9.17) is 0 Å². The van der Waals surface area contributed by atoms with E-state index in [9.17, 15) is 4.79 Å². The van der Waals surface area contributed by atoms with Gasteiger partial charge in [0.15, 0.2) is 0 Å². The van der Waals surface area contributed by atoms with Crippen LogP contribution in [0.1, 0.15) is 24.5 Å². The molecule has 0 aromatic heterocycles. The lowest BCUT2D eigenvalue weighted by molar-refractivity contribution is -0.126. The Bertz CT molecular complexity index is 417. The number of hydrogen-bond acceptors (Lipinski definition) is 2. The molecule has 0 unspecified atom stereocenters. The highest BCUT2D eigenvalue weighted by atomic mass is 32.2. The summed E-state index contributed by atoms with van der Waals surface area (Å²) >= 11 is 1.65. The van der Waals surface area contributed by atoms with E-state index < -0.39 is 0 Å². The van der Waals surface area contributed by atoms with Crippen LogP contribution >= 0.6 is 11.8 Å². The van der Waals surface area contributed by atoms with E-state index in [0.29, 0.717) is 5.75 Å². The van der Waals surface area contributed by atoms with E-state index in [0.717, 1.165) is 6.54 Å². The van der Waals surface area contributed by atoms with E-state index in [1.807, 2.05) is 14.0 Å². The molecule has 0 aliphatic heterocycles. The number of aryl methyl sites for hydroxylation is 2. The number of benzene rings is 1. The number of amides is 1. The molecule has 1 aromatic rings. The van der Waals surface area contributed by atoms with E-state index in [1.165, 1.54) is 35.3 Å². The van der Waals surface area contributed by atoms with Crippen molar-refractivity contribution >= 4 is 17.7 Å². The van der Waals surface area contributed by atoms with Crippen molar-refractivity contribution in [1.29, 1.82) is 0 Å². The van der Waals surface area contributed by atoms with Crippen LogP contribution in [0.15, 0.2) is 23.1 Å². The first-order valence-corrected chi connectivity index (χ1v) is 7.18.